The van der Waals surface area contributed by atoms with Crippen LogP contribution < -0.4 is 5.32 Å². The molecule has 0 aliphatic carbocycles. The number of likely N-dealkylation sites (tertiary alicyclic amines) is 1. The SMILES string of the molecule is CCOC(=O)[C@@H](CCc1ccccc1)N[C@@H](C)C(=O)N1[C@@H](C(=O)OCc2ccccc2)C[C@H]2CCN(S(C)(=O)=O)C[C@@H]21. The molecule has 0 bridgehead atoms. The zero-order valence-corrected chi connectivity index (χ0v) is 25.3. The standard InChI is InChI=1S/C31H41N3O7S/c1-4-40-30(36)26(16-15-23-11-7-5-8-12-23)32-22(2)29(35)34-27(31(37)41-21-24-13-9-6-10-14-24)19-25-17-18-33(20-28(25)34)42(3,38)39/h5-14,22,25-28,32H,4,15-21H2,1-3H3/t22-,25+,26+,27+,28-/m0/s1. The Morgan fingerprint density at radius 2 is 1.64 bits per heavy atom. The van der Waals surface area contributed by atoms with Crippen LogP contribution in [0, 0.1) is 5.92 Å². The lowest BCUT2D eigenvalue weighted by atomic mass is 9.92. The van der Waals surface area contributed by atoms with Crippen molar-refractivity contribution in [1.29, 1.82) is 0 Å². The molecule has 0 spiro atoms. The van der Waals surface area contributed by atoms with Crippen LogP contribution in [-0.2, 0) is 46.9 Å². The molecule has 2 aliphatic rings. The van der Waals surface area contributed by atoms with Crippen LogP contribution in [-0.4, -0.2) is 85.6 Å². The van der Waals surface area contributed by atoms with Gasteiger partial charge in [-0.3, -0.25) is 14.9 Å². The molecule has 0 saturated carbocycles. The molecule has 2 aromatic carbocycles. The highest BCUT2D eigenvalue weighted by Crippen LogP contribution is 2.37. The number of nitrogens with one attached hydrogen (secondary N) is 1. The Hall–Kier alpha value is -3.28. The number of hydrogen-bond acceptors (Lipinski definition) is 8. The number of fused-ring (bicyclic) bond motifs is 1. The summed E-state index contributed by atoms with van der Waals surface area (Å²) in [4.78, 5) is 41.8. The van der Waals surface area contributed by atoms with Gasteiger partial charge in [-0.2, -0.15) is 0 Å². The molecule has 5 atom stereocenters. The highest BCUT2D eigenvalue weighted by Gasteiger charge is 2.51. The van der Waals surface area contributed by atoms with Gasteiger partial charge in [-0.1, -0.05) is 60.7 Å². The second-order valence-electron chi connectivity index (χ2n) is 11.0. The maximum absolute atomic E-state index is 14.1. The van der Waals surface area contributed by atoms with Gasteiger partial charge in [0, 0.05) is 19.1 Å². The van der Waals surface area contributed by atoms with Crippen molar-refractivity contribution in [3.05, 3.63) is 71.8 Å². The fourth-order valence-corrected chi connectivity index (χ4v) is 6.75. The summed E-state index contributed by atoms with van der Waals surface area (Å²) in [6.07, 6.45) is 3.10. The summed E-state index contributed by atoms with van der Waals surface area (Å²) in [5.41, 5.74) is 1.88. The molecule has 11 heteroatoms. The van der Waals surface area contributed by atoms with Gasteiger partial charge in [-0.15, -0.1) is 0 Å². The topological polar surface area (TPSA) is 122 Å². The largest absolute Gasteiger partial charge is 0.465 e. The van der Waals surface area contributed by atoms with E-state index < -0.39 is 46.1 Å². The maximum atomic E-state index is 14.1. The summed E-state index contributed by atoms with van der Waals surface area (Å²) < 4.78 is 37.1. The van der Waals surface area contributed by atoms with Crippen LogP contribution in [0.2, 0.25) is 0 Å². The first-order chi connectivity index (χ1) is 20.1. The number of piperidine rings is 1. The number of carbonyl (C=O) groups excluding carboxylic acids is 3. The average Bonchev–Trinajstić information content (AvgIpc) is 3.37. The fourth-order valence-electron chi connectivity index (χ4n) is 5.89. The number of rotatable bonds is 12. The predicted octanol–water partition coefficient (Wildman–Crippen LogP) is 2.52. The zero-order valence-electron chi connectivity index (χ0n) is 24.5. The van der Waals surface area contributed by atoms with Crippen LogP contribution in [0.5, 0.6) is 0 Å². The zero-order chi connectivity index (χ0) is 30.3. The maximum Gasteiger partial charge on any atom is 0.329 e. The van der Waals surface area contributed by atoms with E-state index in [1.54, 1.807) is 13.8 Å². The first-order valence-corrected chi connectivity index (χ1v) is 16.4. The molecule has 2 aromatic rings. The summed E-state index contributed by atoms with van der Waals surface area (Å²) in [5.74, 6) is -1.40. The third-order valence-corrected chi connectivity index (χ3v) is 9.35. The van der Waals surface area contributed by atoms with Gasteiger partial charge in [0.25, 0.3) is 0 Å². The highest BCUT2D eigenvalue weighted by atomic mass is 32.2. The van der Waals surface area contributed by atoms with Crippen LogP contribution >= 0.6 is 0 Å². The van der Waals surface area contributed by atoms with E-state index in [0.29, 0.717) is 32.2 Å². The Bertz CT molecular complexity index is 1320. The van der Waals surface area contributed by atoms with Gasteiger partial charge in [-0.25, -0.2) is 17.5 Å². The van der Waals surface area contributed by atoms with Gasteiger partial charge < -0.3 is 14.4 Å². The first kappa shape index (κ1) is 31.7. The van der Waals surface area contributed by atoms with E-state index in [-0.39, 0.29) is 31.6 Å². The molecule has 2 heterocycles. The number of esters is 2. The summed E-state index contributed by atoms with van der Waals surface area (Å²) in [7, 11) is -3.49. The molecule has 2 saturated heterocycles. The molecule has 4 rings (SSSR count). The summed E-state index contributed by atoms with van der Waals surface area (Å²) in [6, 6.07) is 16.1. The molecule has 0 aromatic heterocycles. The molecule has 228 valence electrons. The minimum Gasteiger partial charge on any atom is -0.465 e. The lowest BCUT2D eigenvalue weighted by Crippen LogP contribution is -2.58. The molecular weight excluding hydrogens is 558 g/mol. The van der Waals surface area contributed by atoms with Gasteiger partial charge in [0.1, 0.15) is 18.7 Å². The van der Waals surface area contributed by atoms with E-state index in [0.717, 1.165) is 17.4 Å². The van der Waals surface area contributed by atoms with Crippen molar-refractivity contribution in [2.24, 2.45) is 5.92 Å². The lowest BCUT2D eigenvalue weighted by molar-refractivity contribution is -0.157. The van der Waals surface area contributed by atoms with Gasteiger partial charge in [0.15, 0.2) is 0 Å². The Labute approximate surface area is 248 Å². The first-order valence-electron chi connectivity index (χ1n) is 14.5. The average molecular weight is 600 g/mol. The van der Waals surface area contributed by atoms with E-state index in [1.165, 1.54) is 9.21 Å². The third-order valence-electron chi connectivity index (χ3n) is 8.08. The molecule has 1 N–H and O–H groups in total. The van der Waals surface area contributed by atoms with Crippen LogP contribution in [0.3, 0.4) is 0 Å². The molecule has 2 fully saturated rings. The molecule has 10 nitrogen and oxygen atoms in total. The number of benzene rings is 2. The number of sulfonamides is 1. The number of aryl methyl sites for hydroxylation is 1. The Morgan fingerprint density at radius 1 is 1.00 bits per heavy atom. The molecular formula is C31H41N3O7S. The number of hydrogen-bond donors (Lipinski definition) is 1. The molecule has 0 radical (unpaired) electrons. The van der Waals surface area contributed by atoms with Gasteiger partial charge in [-0.05, 0) is 56.6 Å². The van der Waals surface area contributed by atoms with E-state index in [2.05, 4.69) is 5.32 Å². The van der Waals surface area contributed by atoms with Crippen molar-refractivity contribution in [2.75, 3.05) is 26.0 Å². The van der Waals surface area contributed by atoms with E-state index in [9.17, 15) is 22.8 Å². The second-order valence-corrected chi connectivity index (χ2v) is 13.0. The van der Waals surface area contributed by atoms with Crippen LogP contribution in [0.4, 0.5) is 0 Å². The van der Waals surface area contributed by atoms with Crippen molar-refractivity contribution < 1.29 is 32.3 Å². The smallest absolute Gasteiger partial charge is 0.329 e. The summed E-state index contributed by atoms with van der Waals surface area (Å²) in [5, 5.41) is 3.15. The number of nitrogens with zero attached hydrogens (tertiary/aromatic N) is 2. The van der Waals surface area contributed by atoms with Gasteiger partial charge in [0.2, 0.25) is 15.9 Å². The summed E-state index contributed by atoms with van der Waals surface area (Å²) in [6.45, 7) is 4.12. The quantitative estimate of drug-likeness (QED) is 0.370. The number of carbonyl (C=O) groups is 3. The minimum absolute atomic E-state index is 0.0487. The molecule has 2 aliphatic heterocycles. The second kappa shape index (κ2) is 14.3. The van der Waals surface area contributed by atoms with Crippen LogP contribution in [0.25, 0.3) is 0 Å². The monoisotopic (exact) mass is 599 g/mol. The van der Waals surface area contributed by atoms with Crippen LogP contribution in [0.1, 0.15) is 44.2 Å². The molecule has 1 amide bonds. The Balaban J connectivity index is 1.53. The normalized spacial score (nSPS) is 22.2. The number of amides is 1. The van der Waals surface area contributed by atoms with Crippen molar-refractivity contribution in [3.63, 3.8) is 0 Å². The predicted molar refractivity (Wildman–Crippen MR) is 158 cm³/mol. The fraction of sp³-hybridized carbons (Fsp3) is 0.516. The minimum atomic E-state index is -3.49. The van der Waals surface area contributed by atoms with Crippen molar-refractivity contribution in [1.82, 2.24) is 14.5 Å². The van der Waals surface area contributed by atoms with E-state index in [4.69, 9.17) is 9.47 Å². The highest BCUT2D eigenvalue weighted by molar-refractivity contribution is 7.88. The summed E-state index contributed by atoms with van der Waals surface area (Å²) >= 11 is 0. The Morgan fingerprint density at radius 3 is 2.26 bits per heavy atom. The van der Waals surface area contributed by atoms with Crippen molar-refractivity contribution >= 4 is 27.9 Å². The van der Waals surface area contributed by atoms with E-state index >= 15 is 0 Å². The molecule has 0 unspecified atom stereocenters. The Kier molecular flexibility index (Phi) is 10.7. The molecule has 42 heavy (non-hydrogen) atoms. The number of ether oxygens (including phenoxy) is 2. The van der Waals surface area contributed by atoms with Crippen molar-refractivity contribution in [2.45, 2.75) is 70.3 Å². The van der Waals surface area contributed by atoms with Gasteiger partial charge in [0.05, 0.1) is 18.9 Å². The van der Waals surface area contributed by atoms with Gasteiger partial charge >= 0.3 is 11.9 Å². The van der Waals surface area contributed by atoms with Crippen LogP contribution in [0.15, 0.2) is 60.7 Å². The lowest BCUT2D eigenvalue weighted by Gasteiger charge is -2.39. The third kappa shape index (κ3) is 7.96. The van der Waals surface area contributed by atoms with E-state index in [1.807, 2.05) is 60.7 Å². The van der Waals surface area contributed by atoms with Crippen molar-refractivity contribution in [3.8, 4) is 0 Å².